The van der Waals surface area contributed by atoms with E-state index in [0.29, 0.717) is 11.3 Å². The molecule has 2 aliphatic carbocycles. The first-order valence-corrected chi connectivity index (χ1v) is 9.90. The lowest BCUT2D eigenvalue weighted by atomic mass is 9.46. The van der Waals surface area contributed by atoms with E-state index in [4.69, 9.17) is 4.74 Å². The highest BCUT2D eigenvalue weighted by Crippen LogP contribution is 2.61. The van der Waals surface area contributed by atoms with E-state index < -0.39 is 0 Å². The molecule has 2 saturated carbocycles. The van der Waals surface area contributed by atoms with Crippen LogP contribution in [0.25, 0.3) is 0 Å². The summed E-state index contributed by atoms with van der Waals surface area (Å²) in [6, 6.07) is 6.51. The molecule has 0 spiro atoms. The van der Waals surface area contributed by atoms with E-state index in [1.54, 1.807) is 7.11 Å². The zero-order valence-electron chi connectivity index (χ0n) is 16.6. The fourth-order valence-corrected chi connectivity index (χ4v) is 6.24. The SMILES string of the molecule is COc1cc(C)cc(C[C@H]2[C@@H](C=O)CC[C@H]3C(C)(C)CCC[C@]23C)c1. The molecule has 2 nitrogen and oxygen atoms in total. The van der Waals surface area contributed by atoms with Gasteiger partial charge in [-0.15, -0.1) is 0 Å². The van der Waals surface area contributed by atoms with Gasteiger partial charge in [-0.3, -0.25) is 0 Å². The van der Waals surface area contributed by atoms with Crippen LogP contribution in [0, 0.1) is 35.5 Å². The fraction of sp³-hybridized carbons (Fsp3) is 0.696. The van der Waals surface area contributed by atoms with Crippen molar-refractivity contribution >= 4 is 6.29 Å². The lowest BCUT2D eigenvalue weighted by Gasteiger charge is -2.59. The number of aryl methyl sites for hydroxylation is 1. The Morgan fingerprint density at radius 2 is 1.92 bits per heavy atom. The normalized spacial score (nSPS) is 34.2. The summed E-state index contributed by atoms with van der Waals surface area (Å²) in [6.07, 6.45) is 8.38. The van der Waals surface area contributed by atoms with Crippen LogP contribution in [0.15, 0.2) is 18.2 Å². The van der Waals surface area contributed by atoms with Crippen molar-refractivity contribution in [2.45, 2.75) is 66.2 Å². The van der Waals surface area contributed by atoms with Gasteiger partial charge in [-0.2, -0.15) is 0 Å². The third kappa shape index (κ3) is 3.37. The first kappa shape index (κ1) is 18.5. The highest BCUT2D eigenvalue weighted by Gasteiger charge is 2.54. The van der Waals surface area contributed by atoms with Crippen molar-refractivity contribution in [3.8, 4) is 5.75 Å². The van der Waals surface area contributed by atoms with Gasteiger partial charge in [-0.05, 0) is 85.0 Å². The lowest BCUT2D eigenvalue weighted by molar-refractivity contribution is -0.128. The first-order chi connectivity index (χ1) is 11.8. The maximum Gasteiger partial charge on any atom is 0.123 e. The van der Waals surface area contributed by atoms with Crippen LogP contribution in [-0.2, 0) is 11.2 Å². The van der Waals surface area contributed by atoms with Crippen LogP contribution in [0.3, 0.4) is 0 Å². The quantitative estimate of drug-likeness (QED) is 0.665. The standard InChI is InChI=1S/C23H34O2/c1-16-11-17(13-19(12-16)25-5)14-20-18(15-24)7-8-21-22(2,3)9-6-10-23(20,21)4/h11-13,15,18,20-21H,6-10,14H2,1-5H3/t18-,20+,21+,23-/m1/s1. The molecule has 0 aliphatic heterocycles. The molecular weight excluding hydrogens is 308 g/mol. The van der Waals surface area contributed by atoms with E-state index in [-0.39, 0.29) is 11.3 Å². The number of carbonyl (C=O) groups is 1. The van der Waals surface area contributed by atoms with E-state index in [1.165, 1.54) is 43.1 Å². The van der Waals surface area contributed by atoms with Gasteiger partial charge < -0.3 is 9.53 Å². The molecule has 0 amide bonds. The summed E-state index contributed by atoms with van der Waals surface area (Å²) in [4.78, 5) is 11.9. The predicted molar refractivity (Wildman–Crippen MR) is 103 cm³/mol. The Kier molecular flexibility index (Phi) is 5.01. The van der Waals surface area contributed by atoms with E-state index in [1.807, 2.05) is 0 Å². The van der Waals surface area contributed by atoms with Crippen LogP contribution in [0.5, 0.6) is 5.75 Å². The highest BCUT2D eigenvalue weighted by atomic mass is 16.5. The average Bonchev–Trinajstić information content (AvgIpc) is 2.55. The monoisotopic (exact) mass is 342 g/mol. The van der Waals surface area contributed by atoms with Gasteiger partial charge in [0.15, 0.2) is 0 Å². The van der Waals surface area contributed by atoms with Gasteiger partial charge in [0.2, 0.25) is 0 Å². The maximum atomic E-state index is 11.9. The minimum atomic E-state index is 0.196. The molecule has 0 unspecified atom stereocenters. The van der Waals surface area contributed by atoms with E-state index in [2.05, 4.69) is 45.9 Å². The molecule has 3 rings (SSSR count). The Hall–Kier alpha value is -1.31. The molecule has 2 fully saturated rings. The maximum absolute atomic E-state index is 11.9. The number of benzene rings is 1. The number of fused-ring (bicyclic) bond motifs is 1. The number of rotatable bonds is 4. The summed E-state index contributed by atoms with van der Waals surface area (Å²) in [5.41, 5.74) is 3.21. The molecule has 0 saturated heterocycles. The van der Waals surface area contributed by atoms with Crippen LogP contribution in [-0.4, -0.2) is 13.4 Å². The average molecular weight is 343 g/mol. The summed E-state index contributed by atoms with van der Waals surface area (Å²) in [6.45, 7) is 9.50. The lowest BCUT2D eigenvalue weighted by Crippen LogP contribution is -2.52. The van der Waals surface area contributed by atoms with Gasteiger partial charge >= 0.3 is 0 Å². The molecule has 0 aromatic heterocycles. The van der Waals surface area contributed by atoms with Crippen molar-refractivity contribution < 1.29 is 9.53 Å². The van der Waals surface area contributed by atoms with Crippen molar-refractivity contribution in [2.24, 2.45) is 28.6 Å². The van der Waals surface area contributed by atoms with Crippen molar-refractivity contribution in [2.75, 3.05) is 7.11 Å². The summed E-state index contributed by atoms with van der Waals surface area (Å²) >= 11 is 0. The topological polar surface area (TPSA) is 26.3 Å². The first-order valence-electron chi connectivity index (χ1n) is 9.90. The Morgan fingerprint density at radius 3 is 2.60 bits per heavy atom. The summed E-state index contributed by atoms with van der Waals surface area (Å²) < 4.78 is 5.47. The third-order valence-electron chi connectivity index (χ3n) is 7.41. The van der Waals surface area contributed by atoms with Gasteiger partial charge in [0.25, 0.3) is 0 Å². The summed E-state index contributed by atoms with van der Waals surface area (Å²) in [5, 5.41) is 0. The molecule has 0 bridgehead atoms. The van der Waals surface area contributed by atoms with Gasteiger partial charge in [-0.25, -0.2) is 0 Å². The number of methoxy groups -OCH3 is 1. The van der Waals surface area contributed by atoms with Gasteiger partial charge in [-0.1, -0.05) is 33.3 Å². The Morgan fingerprint density at radius 1 is 1.16 bits per heavy atom. The van der Waals surface area contributed by atoms with Crippen molar-refractivity contribution in [1.29, 1.82) is 0 Å². The van der Waals surface area contributed by atoms with Crippen LogP contribution < -0.4 is 4.74 Å². The van der Waals surface area contributed by atoms with Crippen LogP contribution in [0.4, 0.5) is 0 Å². The second kappa shape index (κ2) is 6.78. The van der Waals surface area contributed by atoms with Gasteiger partial charge in [0.1, 0.15) is 12.0 Å². The minimum absolute atomic E-state index is 0.196. The minimum Gasteiger partial charge on any atom is -0.497 e. The second-order valence-electron chi connectivity index (χ2n) is 9.45. The van der Waals surface area contributed by atoms with Crippen LogP contribution in [0.2, 0.25) is 0 Å². The smallest absolute Gasteiger partial charge is 0.123 e. The molecule has 0 radical (unpaired) electrons. The summed E-state index contributed by atoms with van der Waals surface area (Å²) in [5.74, 6) is 2.29. The van der Waals surface area contributed by atoms with E-state index in [9.17, 15) is 4.79 Å². The summed E-state index contributed by atoms with van der Waals surface area (Å²) in [7, 11) is 1.73. The van der Waals surface area contributed by atoms with Crippen molar-refractivity contribution in [3.63, 3.8) is 0 Å². The second-order valence-corrected chi connectivity index (χ2v) is 9.45. The molecule has 2 aliphatic rings. The Labute approximate surface area is 153 Å². The highest BCUT2D eigenvalue weighted by molar-refractivity contribution is 5.55. The van der Waals surface area contributed by atoms with Crippen molar-refractivity contribution in [1.82, 2.24) is 0 Å². The Bertz CT molecular complexity index is 633. The zero-order valence-corrected chi connectivity index (χ0v) is 16.6. The van der Waals surface area contributed by atoms with E-state index >= 15 is 0 Å². The van der Waals surface area contributed by atoms with Crippen molar-refractivity contribution in [3.05, 3.63) is 29.3 Å². The number of hydrogen-bond donors (Lipinski definition) is 0. The van der Waals surface area contributed by atoms with Gasteiger partial charge in [0.05, 0.1) is 7.11 Å². The Balaban J connectivity index is 1.95. The number of ether oxygens (including phenoxy) is 1. The molecular formula is C23H34O2. The number of hydrogen-bond acceptors (Lipinski definition) is 2. The molecule has 1 aromatic carbocycles. The number of carbonyl (C=O) groups excluding carboxylic acids is 1. The molecule has 1 aromatic rings. The zero-order chi connectivity index (χ0) is 18.2. The molecule has 0 heterocycles. The van der Waals surface area contributed by atoms with Gasteiger partial charge in [0, 0.05) is 5.92 Å². The number of aldehydes is 1. The van der Waals surface area contributed by atoms with Crippen LogP contribution in [0.1, 0.15) is 64.0 Å². The van der Waals surface area contributed by atoms with E-state index in [0.717, 1.165) is 24.5 Å². The van der Waals surface area contributed by atoms with Crippen LogP contribution >= 0.6 is 0 Å². The molecule has 25 heavy (non-hydrogen) atoms. The predicted octanol–water partition coefficient (Wildman–Crippen LogP) is 5.60. The fourth-order valence-electron chi connectivity index (χ4n) is 6.24. The third-order valence-corrected chi connectivity index (χ3v) is 7.41. The molecule has 138 valence electrons. The molecule has 2 heteroatoms. The largest absolute Gasteiger partial charge is 0.497 e. The molecule has 4 atom stereocenters. The molecule has 0 N–H and O–H groups in total.